The molecule has 6 heteroatoms. The van der Waals surface area contributed by atoms with E-state index in [1.54, 1.807) is 0 Å². The van der Waals surface area contributed by atoms with Crippen molar-refractivity contribution < 1.29 is 4.79 Å². The van der Waals surface area contributed by atoms with E-state index in [1.807, 2.05) is 6.07 Å². The number of amides is 1. The third-order valence-corrected chi connectivity index (χ3v) is 6.60. The summed E-state index contributed by atoms with van der Waals surface area (Å²) in [6.07, 6.45) is 16.1. The Kier molecular flexibility index (Phi) is 6.19. The van der Waals surface area contributed by atoms with Crippen LogP contribution in [0.15, 0.2) is 41.3 Å². The summed E-state index contributed by atoms with van der Waals surface area (Å²) in [5.41, 5.74) is 3.84. The number of allylic oxidation sites excluding steroid dienone is 5. The fourth-order valence-electron chi connectivity index (χ4n) is 5.24. The standard InChI is InChI=1S/C24H31N5O/c1-15-10-19(11-16(2)27-15)18-8-9-22(21(12-18)17-6-4-3-5-7-17)29-24(30)23-26-14-20(13-25)28-23/h6,8-9,14-16,18-19,27H,3-5,7,10-12H2,1-2H3,(H,26,28)(H,29,30)/t15-,16+,18?,19?. The van der Waals surface area contributed by atoms with Gasteiger partial charge in [0.1, 0.15) is 11.8 Å². The van der Waals surface area contributed by atoms with Gasteiger partial charge in [0.05, 0.1) is 6.20 Å². The van der Waals surface area contributed by atoms with E-state index in [9.17, 15) is 4.79 Å². The molecule has 30 heavy (non-hydrogen) atoms. The lowest BCUT2D eigenvalue weighted by Gasteiger charge is -2.38. The van der Waals surface area contributed by atoms with Crippen molar-refractivity contribution in [1.82, 2.24) is 20.6 Å². The summed E-state index contributed by atoms with van der Waals surface area (Å²) in [5.74, 6) is 1.04. The van der Waals surface area contributed by atoms with E-state index >= 15 is 0 Å². The van der Waals surface area contributed by atoms with E-state index in [-0.39, 0.29) is 17.4 Å². The molecule has 2 heterocycles. The molecular weight excluding hydrogens is 374 g/mol. The van der Waals surface area contributed by atoms with E-state index in [2.05, 4.69) is 52.7 Å². The van der Waals surface area contributed by atoms with Crippen LogP contribution in [0.2, 0.25) is 0 Å². The molecule has 1 aromatic heterocycles. The van der Waals surface area contributed by atoms with E-state index in [0.29, 0.717) is 23.9 Å². The lowest BCUT2D eigenvalue weighted by atomic mass is 9.73. The van der Waals surface area contributed by atoms with Crippen molar-refractivity contribution in [3.63, 3.8) is 0 Å². The Balaban J connectivity index is 1.57. The summed E-state index contributed by atoms with van der Waals surface area (Å²) >= 11 is 0. The first-order chi connectivity index (χ1) is 14.5. The normalized spacial score (nSPS) is 29.3. The smallest absolute Gasteiger partial charge is 0.291 e. The minimum atomic E-state index is -0.298. The molecule has 0 bridgehead atoms. The molecule has 1 saturated heterocycles. The monoisotopic (exact) mass is 405 g/mol. The number of hydrogen-bond acceptors (Lipinski definition) is 4. The maximum Gasteiger partial charge on any atom is 0.291 e. The number of carbonyl (C=O) groups excluding carboxylic acids is 1. The molecule has 0 aromatic carbocycles. The average Bonchev–Trinajstić information content (AvgIpc) is 3.23. The molecular formula is C24H31N5O. The second-order valence-corrected chi connectivity index (χ2v) is 9.01. The zero-order chi connectivity index (χ0) is 21.1. The number of nitrogens with zero attached hydrogens (tertiary/aromatic N) is 2. The third kappa shape index (κ3) is 4.57. The molecule has 1 aliphatic heterocycles. The van der Waals surface area contributed by atoms with Crippen molar-refractivity contribution in [3.05, 3.63) is 52.8 Å². The van der Waals surface area contributed by atoms with Crippen molar-refractivity contribution in [2.45, 2.75) is 70.9 Å². The summed E-state index contributed by atoms with van der Waals surface area (Å²) < 4.78 is 0. The molecule has 1 fully saturated rings. The summed E-state index contributed by atoms with van der Waals surface area (Å²) in [5, 5.41) is 15.7. The predicted molar refractivity (Wildman–Crippen MR) is 116 cm³/mol. The van der Waals surface area contributed by atoms with Gasteiger partial charge in [0, 0.05) is 17.8 Å². The van der Waals surface area contributed by atoms with Crippen molar-refractivity contribution >= 4 is 5.91 Å². The Labute approximate surface area is 178 Å². The molecule has 2 aliphatic carbocycles. The largest absolute Gasteiger partial charge is 0.326 e. The van der Waals surface area contributed by atoms with Crippen LogP contribution in [0.5, 0.6) is 0 Å². The first-order valence-electron chi connectivity index (χ1n) is 11.2. The van der Waals surface area contributed by atoms with Crippen LogP contribution in [-0.2, 0) is 0 Å². The lowest BCUT2D eigenvalue weighted by molar-refractivity contribution is 0.0957. The van der Waals surface area contributed by atoms with Crippen LogP contribution < -0.4 is 10.6 Å². The molecule has 4 rings (SSSR count). The number of H-pyrrole nitrogens is 1. The van der Waals surface area contributed by atoms with Crippen LogP contribution in [0.1, 0.15) is 75.1 Å². The second-order valence-electron chi connectivity index (χ2n) is 9.01. The van der Waals surface area contributed by atoms with Gasteiger partial charge in [-0.2, -0.15) is 5.26 Å². The van der Waals surface area contributed by atoms with Crippen LogP contribution in [0.25, 0.3) is 0 Å². The van der Waals surface area contributed by atoms with Crippen molar-refractivity contribution in [3.8, 4) is 6.07 Å². The molecule has 0 spiro atoms. The highest BCUT2D eigenvalue weighted by molar-refractivity contribution is 5.92. The highest BCUT2D eigenvalue weighted by atomic mass is 16.2. The first-order valence-corrected chi connectivity index (χ1v) is 11.2. The number of aromatic nitrogens is 2. The Bertz CT molecular complexity index is 922. The second kappa shape index (κ2) is 9.01. The number of imidazole rings is 1. The number of piperidine rings is 1. The van der Waals surface area contributed by atoms with Crippen LogP contribution in [0.4, 0.5) is 0 Å². The first kappa shape index (κ1) is 20.6. The Morgan fingerprint density at radius 1 is 1.27 bits per heavy atom. The molecule has 0 radical (unpaired) electrons. The van der Waals surface area contributed by atoms with Gasteiger partial charge >= 0.3 is 0 Å². The molecule has 0 saturated carbocycles. The quantitative estimate of drug-likeness (QED) is 0.702. The number of rotatable bonds is 4. The molecule has 6 nitrogen and oxygen atoms in total. The van der Waals surface area contributed by atoms with Crippen molar-refractivity contribution in [2.75, 3.05) is 0 Å². The Hall–Kier alpha value is -2.65. The van der Waals surface area contributed by atoms with Gasteiger partial charge in [0.15, 0.2) is 5.82 Å². The molecule has 3 aliphatic rings. The van der Waals surface area contributed by atoms with E-state index in [4.69, 9.17) is 5.26 Å². The number of nitrogens with one attached hydrogen (secondary N) is 3. The lowest BCUT2D eigenvalue weighted by Crippen LogP contribution is -2.44. The molecule has 4 atom stereocenters. The van der Waals surface area contributed by atoms with Crippen molar-refractivity contribution in [1.29, 1.82) is 5.26 Å². The summed E-state index contributed by atoms with van der Waals surface area (Å²) in [6.45, 7) is 4.56. The summed E-state index contributed by atoms with van der Waals surface area (Å²) in [7, 11) is 0. The van der Waals surface area contributed by atoms with Gasteiger partial charge in [-0.1, -0.05) is 12.2 Å². The molecule has 1 amide bonds. The zero-order valence-electron chi connectivity index (χ0n) is 17.9. The van der Waals surface area contributed by atoms with Gasteiger partial charge in [0.2, 0.25) is 0 Å². The van der Waals surface area contributed by atoms with Crippen LogP contribution >= 0.6 is 0 Å². The SMILES string of the molecule is C[C@@H]1CC(C2C=CC(NC(=O)c3ncc(C#N)[nH]3)=C(C3=CCCCC3)C2)C[C@H](C)N1. The fraction of sp³-hybridized carbons (Fsp3) is 0.542. The number of aromatic amines is 1. The van der Waals surface area contributed by atoms with E-state index < -0.39 is 0 Å². The number of hydrogen-bond donors (Lipinski definition) is 3. The van der Waals surface area contributed by atoms with Crippen LogP contribution in [0.3, 0.4) is 0 Å². The van der Waals surface area contributed by atoms with E-state index in [0.717, 1.165) is 25.0 Å². The fourth-order valence-corrected chi connectivity index (χ4v) is 5.24. The Morgan fingerprint density at radius 3 is 2.73 bits per heavy atom. The zero-order valence-corrected chi connectivity index (χ0v) is 17.9. The minimum Gasteiger partial charge on any atom is -0.326 e. The van der Waals surface area contributed by atoms with Gasteiger partial charge in [-0.15, -0.1) is 0 Å². The van der Waals surface area contributed by atoms with Gasteiger partial charge < -0.3 is 15.6 Å². The molecule has 158 valence electrons. The molecule has 2 unspecified atom stereocenters. The third-order valence-electron chi connectivity index (χ3n) is 6.60. The summed E-state index contributed by atoms with van der Waals surface area (Å²) in [4.78, 5) is 19.5. The Morgan fingerprint density at radius 2 is 2.07 bits per heavy atom. The van der Waals surface area contributed by atoms with Gasteiger partial charge in [0.25, 0.3) is 5.91 Å². The maximum absolute atomic E-state index is 12.7. The maximum atomic E-state index is 12.7. The van der Waals surface area contributed by atoms with Gasteiger partial charge in [-0.25, -0.2) is 4.98 Å². The minimum absolute atomic E-state index is 0.174. The molecule has 1 aromatic rings. The number of nitriles is 1. The molecule has 3 N–H and O–H groups in total. The van der Waals surface area contributed by atoms with Crippen LogP contribution in [0, 0.1) is 23.2 Å². The highest BCUT2D eigenvalue weighted by Crippen LogP contribution is 2.39. The van der Waals surface area contributed by atoms with Gasteiger partial charge in [-0.3, -0.25) is 4.79 Å². The van der Waals surface area contributed by atoms with Crippen molar-refractivity contribution in [2.24, 2.45) is 11.8 Å². The summed E-state index contributed by atoms with van der Waals surface area (Å²) in [6, 6.07) is 3.07. The topological polar surface area (TPSA) is 93.6 Å². The predicted octanol–water partition coefficient (Wildman–Crippen LogP) is 4.12. The number of carbonyl (C=O) groups is 1. The van der Waals surface area contributed by atoms with Gasteiger partial charge in [-0.05, 0) is 87.9 Å². The highest BCUT2D eigenvalue weighted by Gasteiger charge is 2.32. The van der Waals surface area contributed by atoms with E-state index in [1.165, 1.54) is 43.0 Å². The van der Waals surface area contributed by atoms with Crippen LogP contribution in [-0.4, -0.2) is 28.0 Å². The average molecular weight is 406 g/mol.